The van der Waals surface area contributed by atoms with Crippen LogP contribution in [0.4, 0.5) is 0 Å². The molecule has 3 rings (SSSR count). The zero-order chi connectivity index (χ0) is 21.8. The van der Waals surface area contributed by atoms with Crippen molar-refractivity contribution < 1.29 is 19.4 Å². The first-order chi connectivity index (χ1) is 14.3. The van der Waals surface area contributed by atoms with Crippen LogP contribution in [0.2, 0.25) is 0 Å². The average Bonchev–Trinajstić information content (AvgIpc) is 2.76. The van der Waals surface area contributed by atoms with Crippen LogP contribution in [0.1, 0.15) is 56.3 Å². The quantitative estimate of drug-likeness (QED) is 0.698. The molecular formula is C22H32BrN3O4. The van der Waals surface area contributed by atoms with Crippen molar-refractivity contribution >= 4 is 27.7 Å². The van der Waals surface area contributed by atoms with E-state index in [1.165, 1.54) is 6.42 Å². The third-order valence-electron chi connectivity index (χ3n) is 6.27. The third kappa shape index (κ3) is 5.14. The molecule has 0 spiro atoms. The summed E-state index contributed by atoms with van der Waals surface area (Å²) >= 11 is 3.38. The minimum Gasteiger partial charge on any atom is -0.472 e. The van der Waals surface area contributed by atoms with Gasteiger partial charge in [-0.15, -0.1) is 0 Å². The van der Waals surface area contributed by atoms with Gasteiger partial charge in [-0.25, -0.2) is 4.98 Å². The number of fused-ring (bicyclic) bond motifs is 1. The molecule has 1 N–H and O–H groups in total. The minimum atomic E-state index is -0.327. The summed E-state index contributed by atoms with van der Waals surface area (Å²) in [6.07, 6.45) is 6.65. The molecule has 1 fully saturated rings. The lowest BCUT2D eigenvalue weighted by Crippen LogP contribution is -2.51. The highest BCUT2D eigenvalue weighted by atomic mass is 79.9. The van der Waals surface area contributed by atoms with E-state index in [-0.39, 0.29) is 48.3 Å². The lowest BCUT2D eigenvalue weighted by molar-refractivity contribution is -0.136. The number of aromatic nitrogens is 1. The molecular weight excluding hydrogens is 450 g/mol. The Bertz CT molecular complexity index is 769. The van der Waals surface area contributed by atoms with Gasteiger partial charge < -0.3 is 19.6 Å². The van der Waals surface area contributed by atoms with E-state index in [0.717, 1.165) is 25.7 Å². The summed E-state index contributed by atoms with van der Waals surface area (Å²) in [5.41, 5.74) is 0.364. The minimum absolute atomic E-state index is 0.0387. The average molecular weight is 482 g/mol. The first kappa shape index (κ1) is 23.0. The lowest BCUT2D eigenvalue weighted by atomic mass is 9.88. The summed E-state index contributed by atoms with van der Waals surface area (Å²) in [7, 11) is 1.83. The number of hydrogen-bond donors (Lipinski definition) is 1. The maximum absolute atomic E-state index is 13.1. The van der Waals surface area contributed by atoms with E-state index in [1.54, 1.807) is 22.1 Å². The number of rotatable bonds is 5. The van der Waals surface area contributed by atoms with Crippen LogP contribution in [0, 0.1) is 11.8 Å². The highest BCUT2D eigenvalue weighted by molar-refractivity contribution is 9.10. The van der Waals surface area contributed by atoms with E-state index in [2.05, 4.69) is 20.9 Å². The van der Waals surface area contributed by atoms with E-state index >= 15 is 0 Å². The Kier molecular flexibility index (Phi) is 7.74. The van der Waals surface area contributed by atoms with E-state index in [9.17, 15) is 14.7 Å². The van der Waals surface area contributed by atoms with Crippen LogP contribution < -0.4 is 4.74 Å². The predicted octanol–water partition coefficient (Wildman–Crippen LogP) is 3.10. The van der Waals surface area contributed by atoms with E-state index in [4.69, 9.17) is 4.74 Å². The summed E-state index contributed by atoms with van der Waals surface area (Å²) in [5, 5.41) is 9.68. The second kappa shape index (κ2) is 10.1. The van der Waals surface area contributed by atoms with Crippen LogP contribution in [-0.2, 0) is 4.79 Å². The van der Waals surface area contributed by atoms with Crippen molar-refractivity contribution in [1.82, 2.24) is 14.8 Å². The standard InChI is InChI=1S/C22H32BrN3O4/c1-14-11-26(15(2)13-27)22(29)18-9-17(23)10-24-20(18)30-19(14)12-25(3)21(28)16-7-5-4-6-8-16/h9-10,14-16,19,27H,4-8,11-13H2,1-3H3/t14-,15+,19+/m1/s1. The first-order valence-electron chi connectivity index (χ1n) is 10.8. The highest BCUT2D eigenvalue weighted by Gasteiger charge is 2.35. The Balaban J connectivity index is 1.84. The Morgan fingerprint density at radius 3 is 2.77 bits per heavy atom. The van der Waals surface area contributed by atoms with Crippen molar-refractivity contribution in [3.63, 3.8) is 0 Å². The second-order valence-electron chi connectivity index (χ2n) is 8.68. The fourth-order valence-electron chi connectivity index (χ4n) is 4.32. The first-order valence-corrected chi connectivity index (χ1v) is 11.6. The molecule has 166 valence electrons. The van der Waals surface area contributed by atoms with Gasteiger partial charge in [0.1, 0.15) is 11.7 Å². The van der Waals surface area contributed by atoms with Gasteiger partial charge in [0.25, 0.3) is 5.91 Å². The number of aliphatic hydroxyl groups is 1. The zero-order valence-corrected chi connectivity index (χ0v) is 19.6. The van der Waals surface area contributed by atoms with Gasteiger partial charge in [-0.1, -0.05) is 26.2 Å². The number of ether oxygens (including phenoxy) is 1. The molecule has 8 heteroatoms. The summed E-state index contributed by atoms with van der Waals surface area (Å²) < 4.78 is 6.89. The molecule has 0 radical (unpaired) electrons. The Labute approximate surface area is 186 Å². The zero-order valence-electron chi connectivity index (χ0n) is 18.0. The molecule has 0 unspecified atom stereocenters. The molecule has 2 heterocycles. The number of amides is 2. The summed E-state index contributed by atoms with van der Waals surface area (Å²) in [6.45, 7) is 4.58. The smallest absolute Gasteiger partial charge is 0.259 e. The van der Waals surface area contributed by atoms with Gasteiger partial charge in [-0.2, -0.15) is 0 Å². The summed E-state index contributed by atoms with van der Waals surface area (Å²) in [5.74, 6) is 0.295. The van der Waals surface area contributed by atoms with Gasteiger partial charge in [-0.3, -0.25) is 9.59 Å². The maximum atomic E-state index is 13.1. The predicted molar refractivity (Wildman–Crippen MR) is 117 cm³/mol. The van der Waals surface area contributed by atoms with Crippen molar-refractivity contribution in [3.05, 3.63) is 22.3 Å². The molecule has 0 aromatic carbocycles. The fraction of sp³-hybridized carbons (Fsp3) is 0.682. The highest BCUT2D eigenvalue weighted by Crippen LogP contribution is 2.29. The summed E-state index contributed by atoms with van der Waals surface area (Å²) in [6, 6.07) is 1.37. The van der Waals surface area contributed by atoms with E-state index in [0.29, 0.717) is 23.1 Å². The van der Waals surface area contributed by atoms with Crippen LogP contribution in [0.25, 0.3) is 0 Å². The second-order valence-corrected chi connectivity index (χ2v) is 9.60. The Morgan fingerprint density at radius 1 is 1.40 bits per heavy atom. The normalized spacial score (nSPS) is 23.8. The van der Waals surface area contributed by atoms with Crippen molar-refractivity contribution in [1.29, 1.82) is 0 Å². The van der Waals surface area contributed by atoms with Crippen LogP contribution in [0.15, 0.2) is 16.7 Å². The molecule has 2 amide bonds. The number of halogens is 1. The lowest BCUT2D eigenvalue weighted by Gasteiger charge is -2.38. The fourth-order valence-corrected chi connectivity index (χ4v) is 4.65. The number of hydrogen-bond acceptors (Lipinski definition) is 5. The van der Waals surface area contributed by atoms with Crippen molar-refractivity contribution in [3.8, 4) is 5.88 Å². The van der Waals surface area contributed by atoms with Gasteiger partial charge in [0, 0.05) is 36.1 Å². The number of carbonyl (C=O) groups is 2. The van der Waals surface area contributed by atoms with Crippen molar-refractivity contribution in [2.45, 2.75) is 58.1 Å². The van der Waals surface area contributed by atoms with Crippen LogP contribution in [0.5, 0.6) is 5.88 Å². The van der Waals surface area contributed by atoms with Crippen LogP contribution in [-0.4, -0.2) is 70.6 Å². The van der Waals surface area contributed by atoms with Crippen LogP contribution in [0.3, 0.4) is 0 Å². The Morgan fingerprint density at radius 2 is 2.10 bits per heavy atom. The van der Waals surface area contributed by atoms with Crippen molar-refractivity contribution in [2.24, 2.45) is 11.8 Å². The number of nitrogens with zero attached hydrogens (tertiary/aromatic N) is 3. The number of likely N-dealkylation sites (N-methyl/N-ethyl adjacent to an activating group) is 1. The third-order valence-corrected chi connectivity index (χ3v) is 6.71. The van der Waals surface area contributed by atoms with Gasteiger partial charge in [0.2, 0.25) is 11.8 Å². The molecule has 1 saturated carbocycles. The van der Waals surface area contributed by atoms with Gasteiger partial charge in [0.05, 0.1) is 19.2 Å². The van der Waals surface area contributed by atoms with Gasteiger partial charge >= 0.3 is 0 Å². The largest absolute Gasteiger partial charge is 0.472 e. The van der Waals surface area contributed by atoms with Crippen LogP contribution >= 0.6 is 15.9 Å². The SMILES string of the molecule is C[C@@H]1CN([C@@H](C)CO)C(=O)c2cc(Br)cnc2O[C@H]1CN(C)C(=O)C1CCCCC1. The monoisotopic (exact) mass is 481 g/mol. The Hall–Kier alpha value is -1.67. The topological polar surface area (TPSA) is 83.0 Å². The maximum Gasteiger partial charge on any atom is 0.259 e. The molecule has 3 atom stereocenters. The van der Waals surface area contributed by atoms with E-state index < -0.39 is 0 Å². The van der Waals surface area contributed by atoms with E-state index in [1.807, 2.05) is 20.9 Å². The molecule has 1 aromatic rings. The number of carbonyl (C=O) groups excluding carboxylic acids is 2. The molecule has 0 saturated heterocycles. The van der Waals surface area contributed by atoms with Gasteiger partial charge in [0.15, 0.2) is 0 Å². The molecule has 1 aliphatic heterocycles. The van der Waals surface area contributed by atoms with Crippen molar-refractivity contribution in [2.75, 3.05) is 26.7 Å². The molecule has 0 bridgehead atoms. The molecule has 1 aliphatic carbocycles. The van der Waals surface area contributed by atoms with Gasteiger partial charge in [-0.05, 0) is 41.8 Å². The molecule has 7 nitrogen and oxygen atoms in total. The number of aliphatic hydroxyl groups excluding tert-OH is 1. The number of pyridine rings is 1. The summed E-state index contributed by atoms with van der Waals surface area (Å²) in [4.78, 5) is 33.9. The molecule has 30 heavy (non-hydrogen) atoms. The molecule has 2 aliphatic rings. The molecule has 1 aromatic heterocycles.